The zero-order valence-electron chi connectivity index (χ0n) is 12.4. The van der Waals surface area contributed by atoms with Crippen molar-refractivity contribution in [2.75, 3.05) is 6.54 Å². The summed E-state index contributed by atoms with van der Waals surface area (Å²) in [6, 6.07) is -0.0804. The van der Waals surface area contributed by atoms with Gasteiger partial charge >= 0.3 is 0 Å². The van der Waals surface area contributed by atoms with Crippen molar-refractivity contribution in [1.82, 2.24) is 10.2 Å². The lowest BCUT2D eigenvalue weighted by Crippen LogP contribution is -2.63. The van der Waals surface area contributed by atoms with E-state index in [1.165, 1.54) is 6.42 Å². The number of rotatable bonds is 3. The van der Waals surface area contributed by atoms with Crippen molar-refractivity contribution in [3.8, 4) is 0 Å². The van der Waals surface area contributed by atoms with Gasteiger partial charge in [0.05, 0.1) is 6.54 Å². The molecule has 1 saturated carbocycles. The molecule has 1 N–H and O–H groups in total. The molecule has 4 nitrogen and oxygen atoms in total. The highest BCUT2D eigenvalue weighted by molar-refractivity contribution is 5.95. The van der Waals surface area contributed by atoms with Crippen molar-refractivity contribution >= 4 is 11.8 Å². The van der Waals surface area contributed by atoms with Crippen molar-refractivity contribution in [2.45, 2.75) is 71.4 Å². The second-order valence-corrected chi connectivity index (χ2v) is 6.63. The molecule has 0 bridgehead atoms. The summed E-state index contributed by atoms with van der Waals surface area (Å²) in [7, 11) is 0. The fourth-order valence-electron chi connectivity index (χ4n) is 3.54. The third kappa shape index (κ3) is 2.93. The van der Waals surface area contributed by atoms with Crippen LogP contribution in [0, 0.1) is 5.41 Å². The van der Waals surface area contributed by atoms with Gasteiger partial charge in [0.15, 0.2) is 0 Å². The maximum Gasteiger partial charge on any atom is 0.245 e. The molecule has 0 aromatic rings. The molecule has 1 aliphatic carbocycles. The molecule has 2 atom stereocenters. The van der Waals surface area contributed by atoms with Crippen molar-refractivity contribution in [2.24, 2.45) is 5.41 Å². The minimum atomic E-state index is -0.302. The largest absolute Gasteiger partial charge is 0.343 e. The molecule has 19 heavy (non-hydrogen) atoms. The van der Waals surface area contributed by atoms with Crippen LogP contribution in [-0.2, 0) is 9.59 Å². The van der Waals surface area contributed by atoms with Gasteiger partial charge in [0.1, 0.15) is 6.04 Å². The molecule has 2 rings (SSSR count). The SMILES string of the molecule is CCCC1NC(=O)CN(C2CCCCC2(C)C)C1=O. The lowest BCUT2D eigenvalue weighted by molar-refractivity contribution is -0.150. The van der Waals surface area contributed by atoms with E-state index in [0.29, 0.717) is 0 Å². The highest BCUT2D eigenvalue weighted by atomic mass is 16.2. The summed E-state index contributed by atoms with van der Waals surface area (Å²) >= 11 is 0. The lowest BCUT2D eigenvalue weighted by atomic mass is 9.72. The summed E-state index contributed by atoms with van der Waals surface area (Å²) < 4.78 is 0. The molecule has 0 aromatic carbocycles. The Hall–Kier alpha value is -1.06. The summed E-state index contributed by atoms with van der Waals surface area (Å²) in [5.74, 6) is 0.126. The summed E-state index contributed by atoms with van der Waals surface area (Å²) in [5, 5.41) is 2.83. The molecule has 0 aromatic heterocycles. The maximum atomic E-state index is 12.6. The number of amides is 2. The van der Waals surface area contributed by atoms with Crippen LogP contribution in [0.3, 0.4) is 0 Å². The first-order valence-corrected chi connectivity index (χ1v) is 7.55. The average molecular weight is 266 g/mol. The number of hydrogen-bond acceptors (Lipinski definition) is 2. The second-order valence-electron chi connectivity index (χ2n) is 6.63. The second kappa shape index (κ2) is 5.51. The molecule has 1 heterocycles. The van der Waals surface area contributed by atoms with E-state index in [1.54, 1.807) is 0 Å². The molecular formula is C15H26N2O2. The maximum absolute atomic E-state index is 12.6. The number of carbonyl (C=O) groups is 2. The average Bonchev–Trinajstić information content (AvgIpc) is 2.33. The Bertz CT molecular complexity index is 365. The smallest absolute Gasteiger partial charge is 0.245 e. The molecule has 108 valence electrons. The molecule has 0 radical (unpaired) electrons. The Morgan fingerprint density at radius 2 is 2.05 bits per heavy atom. The Morgan fingerprint density at radius 3 is 2.68 bits per heavy atom. The van der Waals surface area contributed by atoms with Crippen molar-refractivity contribution in [3.05, 3.63) is 0 Å². The highest BCUT2D eigenvalue weighted by Crippen LogP contribution is 2.39. The van der Waals surface area contributed by atoms with Crippen molar-refractivity contribution in [3.63, 3.8) is 0 Å². The molecule has 2 fully saturated rings. The van der Waals surface area contributed by atoms with Crippen LogP contribution in [0.5, 0.6) is 0 Å². The number of hydrogen-bond donors (Lipinski definition) is 1. The molecular weight excluding hydrogens is 240 g/mol. The van der Waals surface area contributed by atoms with Gasteiger partial charge in [0.25, 0.3) is 0 Å². The molecule has 1 saturated heterocycles. The van der Waals surface area contributed by atoms with Crippen LogP contribution in [0.25, 0.3) is 0 Å². The minimum Gasteiger partial charge on any atom is -0.343 e. The predicted octanol–water partition coefficient (Wildman–Crippen LogP) is 2.08. The molecule has 0 spiro atoms. The zero-order chi connectivity index (χ0) is 14.0. The topological polar surface area (TPSA) is 49.4 Å². The van der Waals surface area contributed by atoms with Gasteiger partial charge in [-0.15, -0.1) is 0 Å². The van der Waals surface area contributed by atoms with Crippen molar-refractivity contribution in [1.29, 1.82) is 0 Å². The molecule has 2 amide bonds. The van der Waals surface area contributed by atoms with Gasteiger partial charge < -0.3 is 10.2 Å². The molecule has 1 aliphatic heterocycles. The highest BCUT2D eigenvalue weighted by Gasteiger charge is 2.43. The van der Waals surface area contributed by atoms with E-state index in [9.17, 15) is 9.59 Å². The van der Waals surface area contributed by atoms with Gasteiger partial charge in [0, 0.05) is 6.04 Å². The fraction of sp³-hybridized carbons (Fsp3) is 0.867. The van der Waals surface area contributed by atoms with Crippen LogP contribution in [0.4, 0.5) is 0 Å². The van der Waals surface area contributed by atoms with E-state index >= 15 is 0 Å². The van der Waals surface area contributed by atoms with Crippen LogP contribution in [0.15, 0.2) is 0 Å². The van der Waals surface area contributed by atoms with Crippen LogP contribution >= 0.6 is 0 Å². The Kier molecular flexibility index (Phi) is 4.16. The lowest BCUT2D eigenvalue weighted by Gasteiger charge is -2.47. The Labute approximate surface area is 115 Å². The number of carbonyl (C=O) groups excluding carboxylic acids is 2. The molecule has 2 unspecified atom stereocenters. The summed E-state index contributed by atoms with van der Waals surface area (Å²) in [6.07, 6.45) is 6.23. The first-order chi connectivity index (χ1) is 8.95. The van der Waals surface area contributed by atoms with E-state index < -0.39 is 0 Å². The Balaban J connectivity index is 2.17. The minimum absolute atomic E-state index is 0.000534. The summed E-state index contributed by atoms with van der Waals surface area (Å²) in [6.45, 7) is 6.74. The monoisotopic (exact) mass is 266 g/mol. The third-order valence-electron chi connectivity index (χ3n) is 4.63. The van der Waals surface area contributed by atoms with E-state index in [2.05, 4.69) is 19.2 Å². The number of nitrogens with one attached hydrogen (secondary N) is 1. The van der Waals surface area contributed by atoms with E-state index in [0.717, 1.165) is 32.1 Å². The van der Waals surface area contributed by atoms with Crippen molar-refractivity contribution < 1.29 is 9.59 Å². The van der Waals surface area contributed by atoms with Gasteiger partial charge in [-0.1, -0.05) is 40.0 Å². The quantitative estimate of drug-likeness (QED) is 0.850. The summed E-state index contributed by atoms with van der Waals surface area (Å²) in [5.41, 5.74) is 0.127. The standard InChI is InChI=1S/C15H26N2O2/c1-4-7-11-14(19)17(10-13(18)16-11)12-8-5-6-9-15(12,2)3/h11-12H,4-10H2,1-3H3,(H,16,18). The number of nitrogens with zero attached hydrogens (tertiary/aromatic N) is 1. The summed E-state index contributed by atoms with van der Waals surface area (Å²) in [4.78, 5) is 26.3. The van der Waals surface area contributed by atoms with E-state index in [-0.39, 0.29) is 35.9 Å². The van der Waals surface area contributed by atoms with Gasteiger partial charge in [-0.2, -0.15) is 0 Å². The van der Waals surface area contributed by atoms with Crippen LogP contribution in [-0.4, -0.2) is 35.3 Å². The fourth-order valence-corrected chi connectivity index (χ4v) is 3.54. The van der Waals surface area contributed by atoms with Crippen LogP contribution in [0.2, 0.25) is 0 Å². The van der Waals surface area contributed by atoms with Crippen LogP contribution < -0.4 is 5.32 Å². The molecule has 4 heteroatoms. The van der Waals surface area contributed by atoms with Gasteiger partial charge in [-0.25, -0.2) is 0 Å². The van der Waals surface area contributed by atoms with Gasteiger partial charge in [0.2, 0.25) is 11.8 Å². The zero-order valence-corrected chi connectivity index (χ0v) is 12.4. The van der Waals surface area contributed by atoms with E-state index in [4.69, 9.17) is 0 Å². The first-order valence-electron chi connectivity index (χ1n) is 7.55. The third-order valence-corrected chi connectivity index (χ3v) is 4.63. The van der Waals surface area contributed by atoms with Crippen LogP contribution in [0.1, 0.15) is 59.3 Å². The predicted molar refractivity (Wildman–Crippen MR) is 74.6 cm³/mol. The van der Waals surface area contributed by atoms with Gasteiger partial charge in [-0.3, -0.25) is 9.59 Å². The normalized spacial score (nSPS) is 31.2. The van der Waals surface area contributed by atoms with Gasteiger partial charge in [-0.05, 0) is 24.7 Å². The first kappa shape index (κ1) is 14.4. The molecule has 2 aliphatic rings. The Morgan fingerprint density at radius 1 is 1.32 bits per heavy atom. The number of piperazine rings is 1. The van der Waals surface area contributed by atoms with E-state index in [1.807, 2.05) is 11.8 Å².